The van der Waals surface area contributed by atoms with Gasteiger partial charge in [0.25, 0.3) is 5.91 Å². The molecule has 0 saturated heterocycles. The van der Waals surface area contributed by atoms with Crippen LogP contribution in [0.25, 0.3) is 27.4 Å². The fourth-order valence-electron chi connectivity index (χ4n) is 3.51. The van der Waals surface area contributed by atoms with Gasteiger partial charge in [-0.05, 0) is 42.1 Å². The summed E-state index contributed by atoms with van der Waals surface area (Å²) in [4.78, 5) is 23.3. The van der Waals surface area contributed by atoms with Gasteiger partial charge in [0.2, 0.25) is 0 Å². The van der Waals surface area contributed by atoms with Crippen molar-refractivity contribution in [1.29, 1.82) is 0 Å². The number of pyridine rings is 2. The summed E-state index contributed by atoms with van der Waals surface area (Å²) >= 11 is 1.59. The van der Waals surface area contributed by atoms with E-state index in [2.05, 4.69) is 20.5 Å². The zero-order valence-corrected chi connectivity index (χ0v) is 17.8. The third-order valence-electron chi connectivity index (χ3n) is 4.99. The highest BCUT2D eigenvalue weighted by molar-refractivity contribution is 7.13. The molecule has 0 unspecified atom stereocenters. The predicted molar refractivity (Wildman–Crippen MR) is 119 cm³/mol. The quantitative estimate of drug-likeness (QED) is 0.462. The molecule has 5 aromatic heterocycles. The van der Waals surface area contributed by atoms with Crippen LogP contribution >= 0.6 is 11.3 Å². The minimum atomic E-state index is -0.169. The third kappa shape index (κ3) is 3.59. The molecule has 1 amide bonds. The maximum absolute atomic E-state index is 13.2. The van der Waals surface area contributed by atoms with Gasteiger partial charge in [0.15, 0.2) is 11.5 Å². The Bertz CT molecular complexity index is 1350. The van der Waals surface area contributed by atoms with E-state index in [1.54, 1.807) is 33.1 Å². The molecule has 0 spiro atoms. The van der Waals surface area contributed by atoms with Crippen LogP contribution in [-0.4, -0.2) is 35.4 Å². The Morgan fingerprint density at radius 2 is 2.13 bits per heavy atom. The standard InChI is InChI=1S/C22H19N7OS/c1-14-20-16(11-17(18-5-3-10-31-18)26-21(20)28(2)27-14)22(30)24-13-15-6-7-19(23-12-15)29-9-4-8-25-29/h3-12H,13H2,1-2H3,(H,24,30). The summed E-state index contributed by atoms with van der Waals surface area (Å²) in [5.41, 5.74) is 3.70. The zero-order chi connectivity index (χ0) is 21.4. The summed E-state index contributed by atoms with van der Waals surface area (Å²) in [5.74, 6) is 0.556. The van der Waals surface area contributed by atoms with Gasteiger partial charge in [-0.1, -0.05) is 12.1 Å². The first-order chi connectivity index (χ1) is 15.1. The fraction of sp³-hybridized carbons (Fsp3) is 0.136. The number of aromatic nitrogens is 6. The van der Waals surface area contributed by atoms with Crippen molar-refractivity contribution in [1.82, 2.24) is 34.8 Å². The normalized spacial score (nSPS) is 11.2. The number of hydrogen-bond donors (Lipinski definition) is 1. The fourth-order valence-corrected chi connectivity index (χ4v) is 4.20. The van der Waals surface area contributed by atoms with Crippen LogP contribution in [0.2, 0.25) is 0 Å². The molecule has 5 heterocycles. The van der Waals surface area contributed by atoms with Crippen LogP contribution in [-0.2, 0) is 13.6 Å². The Labute approximate surface area is 182 Å². The molecule has 154 valence electrons. The van der Waals surface area contributed by atoms with E-state index in [-0.39, 0.29) is 5.91 Å². The first-order valence-electron chi connectivity index (χ1n) is 9.71. The number of carbonyl (C=O) groups excluding carboxylic acids is 1. The van der Waals surface area contributed by atoms with Crippen molar-refractivity contribution >= 4 is 28.3 Å². The number of nitrogens with zero attached hydrogens (tertiary/aromatic N) is 6. The average Bonchev–Trinajstić information content (AvgIpc) is 3.55. The minimum absolute atomic E-state index is 0.169. The van der Waals surface area contributed by atoms with Crippen LogP contribution in [0.3, 0.4) is 0 Å². The summed E-state index contributed by atoms with van der Waals surface area (Å²) in [6.07, 6.45) is 5.28. The van der Waals surface area contributed by atoms with Crippen LogP contribution in [0.1, 0.15) is 21.6 Å². The van der Waals surface area contributed by atoms with Gasteiger partial charge in [-0.3, -0.25) is 9.48 Å². The number of carbonyl (C=O) groups is 1. The van der Waals surface area contributed by atoms with Gasteiger partial charge in [0, 0.05) is 32.2 Å². The first kappa shape index (κ1) is 19.1. The first-order valence-corrected chi connectivity index (χ1v) is 10.6. The summed E-state index contributed by atoms with van der Waals surface area (Å²) in [5, 5.41) is 14.4. The molecule has 0 fully saturated rings. The number of fused-ring (bicyclic) bond motifs is 1. The van der Waals surface area contributed by atoms with Crippen molar-refractivity contribution < 1.29 is 4.79 Å². The Morgan fingerprint density at radius 1 is 1.23 bits per heavy atom. The van der Waals surface area contributed by atoms with Crippen LogP contribution < -0.4 is 5.32 Å². The van der Waals surface area contributed by atoms with E-state index in [4.69, 9.17) is 4.98 Å². The molecule has 0 atom stereocenters. The van der Waals surface area contributed by atoms with Crippen molar-refractivity contribution in [3.8, 4) is 16.4 Å². The molecule has 0 aliphatic carbocycles. The highest BCUT2D eigenvalue weighted by Gasteiger charge is 2.19. The topological polar surface area (TPSA) is 90.5 Å². The molecule has 31 heavy (non-hydrogen) atoms. The molecule has 0 aliphatic heterocycles. The highest BCUT2D eigenvalue weighted by atomic mass is 32.1. The molecule has 0 aromatic carbocycles. The molecular formula is C22H19N7OS. The van der Waals surface area contributed by atoms with Crippen LogP contribution in [0.4, 0.5) is 0 Å². The highest BCUT2D eigenvalue weighted by Crippen LogP contribution is 2.29. The van der Waals surface area contributed by atoms with Crippen molar-refractivity contribution in [2.24, 2.45) is 7.05 Å². The van der Waals surface area contributed by atoms with Gasteiger partial charge in [-0.15, -0.1) is 11.3 Å². The second-order valence-corrected chi connectivity index (χ2v) is 8.05. The number of nitrogens with one attached hydrogen (secondary N) is 1. The van der Waals surface area contributed by atoms with E-state index in [1.807, 2.05) is 61.9 Å². The predicted octanol–water partition coefficient (Wildman–Crippen LogP) is 3.52. The van der Waals surface area contributed by atoms with Gasteiger partial charge >= 0.3 is 0 Å². The third-order valence-corrected chi connectivity index (χ3v) is 5.88. The number of rotatable bonds is 5. The van der Waals surface area contributed by atoms with Crippen molar-refractivity contribution in [3.63, 3.8) is 0 Å². The van der Waals surface area contributed by atoms with E-state index in [9.17, 15) is 4.79 Å². The maximum Gasteiger partial charge on any atom is 0.252 e. The van der Waals surface area contributed by atoms with Gasteiger partial charge in [0.1, 0.15) is 0 Å². The molecule has 1 N–H and O–H groups in total. The summed E-state index contributed by atoms with van der Waals surface area (Å²) in [7, 11) is 1.84. The monoisotopic (exact) mass is 429 g/mol. The van der Waals surface area contributed by atoms with Crippen molar-refractivity contribution in [2.45, 2.75) is 13.5 Å². The van der Waals surface area contributed by atoms with Crippen LogP contribution in [0.5, 0.6) is 0 Å². The largest absolute Gasteiger partial charge is 0.348 e. The molecule has 5 aromatic rings. The summed E-state index contributed by atoms with van der Waals surface area (Å²) in [6.45, 7) is 2.26. The zero-order valence-electron chi connectivity index (χ0n) is 17.0. The second-order valence-electron chi connectivity index (χ2n) is 7.10. The lowest BCUT2D eigenvalue weighted by atomic mass is 10.1. The Balaban J connectivity index is 1.43. The molecule has 9 heteroatoms. The Kier molecular flexibility index (Phi) is 4.79. The molecule has 0 bridgehead atoms. The number of hydrogen-bond acceptors (Lipinski definition) is 6. The van der Waals surface area contributed by atoms with Gasteiger partial charge in [-0.25, -0.2) is 14.6 Å². The molecule has 8 nitrogen and oxygen atoms in total. The van der Waals surface area contributed by atoms with Gasteiger partial charge in [0.05, 0.1) is 27.2 Å². The van der Waals surface area contributed by atoms with E-state index in [0.29, 0.717) is 17.8 Å². The van der Waals surface area contributed by atoms with Gasteiger partial charge in [-0.2, -0.15) is 10.2 Å². The minimum Gasteiger partial charge on any atom is -0.348 e. The summed E-state index contributed by atoms with van der Waals surface area (Å²) < 4.78 is 3.41. The lowest BCUT2D eigenvalue weighted by Crippen LogP contribution is -2.23. The Hall–Kier alpha value is -3.85. The molecule has 0 radical (unpaired) electrons. The van der Waals surface area contributed by atoms with Crippen LogP contribution in [0, 0.1) is 6.92 Å². The van der Waals surface area contributed by atoms with Crippen molar-refractivity contribution in [2.75, 3.05) is 0 Å². The average molecular weight is 430 g/mol. The van der Waals surface area contributed by atoms with Crippen molar-refractivity contribution in [3.05, 3.63) is 77.2 Å². The smallest absolute Gasteiger partial charge is 0.252 e. The van der Waals surface area contributed by atoms with E-state index in [1.165, 1.54) is 0 Å². The number of amides is 1. The SMILES string of the molecule is Cc1nn(C)c2nc(-c3cccs3)cc(C(=O)NCc3ccc(-n4cccn4)nc3)c12. The molecule has 5 rings (SSSR count). The maximum atomic E-state index is 13.2. The number of thiophene rings is 1. The number of aryl methyl sites for hydroxylation is 2. The lowest BCUT2D eigenvalue weighted by molar-refractivity contribution is 0.0952. The van der Waals surface area contributed by atoms with Crippen LogP contribution in [0.15, 0.2) is 60.4 Å². The molecule has 0 saturated carbocycles. The van der Waals surface area contributed by atoms with E-state index >= 15 is 0 Å². The van der Waals surface area contributed by atoms with E-state index < -0.39 is 0 Å². The second kappa shape index (κ2) is 7.77. The lowest BCUT2D eigenvalue weighted by Gasteiger charge is -2.09. The molecular weight excluding hydrogens is 410 g/mol. The Morgan fingerprint density at radius 3 is 2.84 bits per heavy atom. The summed E-state index contributed by atoms with van der Waals surface area (Å²) in [6, 6.07) is 11.5. The molecule has 0 aliphatic rings. The van der Waals surface area contributed by atoms with Gasteiger partial charge < -0.3 is 5.32 Å². The van der Waals surface area contributed by atoms with E-state index in [0.717, 1.165) is 33.0 Å².